The first-order chi connectivity index (χ1) is 15.5. The predicted molar refractivity (Wildman–Crippen MR) is 133 cm³/mol. The molecule has 0 saturated carbocycles. The number of benzene rings is 1. The van der Waals surface area contributed by atoms with Crippen LogP contribution < -0.4 is 10.6 Å². The fourth-order valence-electron chi connectivity index (χ4n) is 3.55. The Balaban J connectivity index is 3.57. The average Bonchev–Trinajstić information content (AvgIpc) is 2.67. The van der Waals surface area contributed by atoms with Crippen molar-refractivity contribution in [2.24, 2.45) is 5.92 Å². The van der Waals surface area contributed by atoms with E-state index in [-0.39, 0.29) is 29.5 Å². The number of alkyl carbamates (subject to hydrolysis) is 1. The summed E-state index contributed by atoms with van der Waals surface area (Å²) in [5.41, 5.74) is -0.933. The predicted octanol–water partition coefficient (Wildman–Crippen LogP) is 4.52. The van der Waals surface area contributed by atoms with E-state index < -0.39 is 29.3 Å². The van der Waals surface area contributed by atoms with Gasteiger partial charge >= 0.3 is 6.09 Å². The maximum atomic E-state index is 14.1. The normalized spacial score (nSPS) is 14.7. The Morgan fingerprint density at radius 3 is 1.91 bits per heavy atom. The van der Waals surface area contributed by atoms with Gasteiger partial charge in [-0.25, -0.2) is 4.79 Å². The van der Waals surface area contributed by atoms with E-state index in [1.165, 1.54) is 17.0 Å². The summed E-state index contributed by atoms with van der Waals surface area (Å²) in [5.74, 6) is -0.878. The number of carbonyl (C=O) groups is 3. The first-order valence-electron chi connectivity index (χ1n) is 11.9. The lowest BCUT2D eigenvalue weighted by atomic mass is 9.91. The van der Waals surface area contributed by atoms with Crippen molar-refractivity contribution in [3.05, 3.63) is 29.8 Å². The van der Waals surface area contributed by atoms with Crippen molar-refractivity contribution in [3.8, 4) is 5.75 Å². The molecular formula is C26H43N3O5. The number of hydrogen-bond acceptors (Lipinski definition) is 5. The molecule has 3 amide bonds. The van der Waals surface area contributed by atoms with E-state index in [0.29, 0.717) is 12.0 Å². The van der Waals surface area contributed by atoms with Gasteiger partial charge in [-0.05, 0) is 79.0 Å². The summed E-state index contributed by atoms with van der Waals surface area (Å²) in [6, 6.07) is 4.22. The Hall–Kier alpha value is -2.77. The summed E-state index contributed by atoms with van der Waals surface area (Å²) in [6.45, 7) is 18.3. The smallest absolute Gasteiger partial charge is 0.408 e. The quantitative estimate of drug-likeness (QED) is 0.510. The molecule has 192 valence electrons. The molecule has 1 aromatic carbocycles. The van der Waals surface area contributed by atoms with Crippen molar-refractivity contribution in [2.75, 3.05) is 0 Å². The third kappa shape index (κ3) is 8.54. The summed E-state index contributed by atoms with van der Waals surface area (Å²) in [4.78, 5) is 41.6. The highest BCUT2D eigenvalue weighted by Gasteiger charge is 2.43. The minimum atomic E-state index is -0.970. The van der Waals surface area contributed by atoms with Gasteiger partial charge in [-0.3, -0.25) is 9.59 Å². The second kappa shape index (κ2) is 11.6. The summed E-state index contributed by atoms with van der Waals surface area (Å²) in [5, 5.41) is 15.4. The molecule has 8 heteroatoms. The molecule has 0 aliphatic rings. The second-order valence-corrected chi connectivity index (χ2v) is 11.0. The summed E-state index contributed by atoms with van der Waals surface area (Å²) in [7, 11) is 0. The van der Waals surface area contributed by atoms with Crippen LogP contribution in [0.2, 0.25) is 0 Å². The molecule has 0 fully saturated rings. The molecule has 1 rings (SSSR count). The van der Waals surface area contributed by atoms with Crippen LogP contribution in [0.4, 0.5) is 4.79 Å². The molecular weight excluding hydrogens is 434 g/mol. The molecule has 1 aromatic rings. The monoisotopic (exact) mass is 477 g/mol. The molecule has 0 radical (unpaired) electrons. The van der Waals surface area contributed by atoms with Crippen molar-refractivity contribution in [1.82, 2.24) is 15.5 Å². The van der Waals surface area contributed by atoms with Gasteiger partial charge in [-0.15, -0.1) is 0 Å². The van der Waals surface area contributed by atoms with Crippen LogP contribution in [0.3, 0.4) is 0 Å². The Morgan fingerprint density at radius 2 is 1.50 bits per heavy atom. The van der Waals surface area contributed by atoms with Crippen molar-refractivity contribution >= 4 is 17.9 Å². The number of nitrogens with zero attached hydrogens (tertiary/aromatic N) is 1. The Bertz CT molecular complexity index is 837. The number of phenols is 1. The molecule has 0 aromatic heterocycles. The lowest BCUT2D eigenvalue weighted by molar-refractivity contribution is -0.149. The van der Waals surface area contributed by atoms with Gasteiger partial charge in [0.25, 0.3) is 0 Å². The maximum absolute atomic E-state index is 14.1. The molecule has 0 heterocycles. The second-order valence-electron chi connectivity index (χ2n) is 11.0. The van der Waals surface area contributed by atoms with Crippen LogP contribution in [0.1, 0.15) is 87.3 Å². The summed E-state index contributed by atoms with van der Waals surface area (Å²) < 4.78 is 5.41. The van der Waals surface area contributed by atoms with E-state index >= 15 is 0 Å². The Morgan fingerprint density at radius 1 is 0.971 bits per heavy atom. The SMILES string of the molecule is CCC(C)C(NC(=O)OC(C)(C)C)C(=O)N(C(C(=O)NC(C)C)c1ccc(O)cc1)C(C)(C)C. The molecule has 3 N–H and O–H groups in total. The molecule has 0 saturated heterocycles. The number of rotatable bonds is 8. The zero-order valence-corrected chi connectivity index (χ0v) is 22.4. The molecule has 3 atom stereocenters. The van der Waals surface area contributed by atoms with E-state index in [4.69, 9.17) is 4.74 Å². The van der Waals surface area contributed by atoms with Crippen molar-refractivity contribution < 1.29 is 24.2 Å². The first kappa shape index (κ1) is 29.3. The number of ether oxygens (including phenoxy) is 1. The van der Waals surface area contributed by atoms with E-state index in [1.54, 1.807) is 32.9 Å². The van der Waals surface area contributed by atoms with Crippen LogP contribution in [0.5, 0.6) is 5.75 Å². The third-order valence-electron chi connectivity index (χ3n) is 5.26. The van der Waals surface area contributed by atoms with Gasteiger partial charge in [0.15, 0.2) is 0 Å². The van der Waals surface area contributed by atoms with Gasteiger partial charge in [0.2, 0.25) is 11.8 Å². The number of aromatic hydroxyl groups is 1. The highest BCUT2D eigenvalue weighted by Crippen LogP contribution is 2.32. The Kier molecular flexibility index (Phi) is 9.97. The van der Waals surface area contributed by atoms with Crippen LogP contribution in [0.25, 0.3) is 0 Å². The maximum Gasteiger partial charge on any atom is 0.408 e. The van der Waals surface area contributed by atoms with Gasteiger partial charge < -0.3 is 25.4 Å². The average molecular weight is 478 g/mol. The van der Waals surface area contributed by atoms with Gasteiger partial charge in [0.05, 0.1) is 0 Å². The van der Waals surface area contributed by atoms with Crippen LogP contribution in [-0.4, -0.2) is 51.1 Å². The first-order valence-corrected chi connectivity index (χ1v) is 11.9. The molecule has 0 bridgehead atoms. The molecule has 0 aliphatic heterocycles. The summed E-state index contributed by atoms with van der Waals surface area (Å²) >= 11 is 0. The highest BCUT2D eigenvalue weighted by atomic mass is 16.6. The molecule has 34 heavy (non-hydrogen) atoms. The topological polar surface area (TPSA) is 108 Å². The van der Waals surface area contributed by atoms with Crippen LogP contribution in [-0.2, 0) is 14.3 Å². The zero-order valence-electron chi connectivity index (χ0n) is 22.4. The standard InChI is InChI=1S/C26H43N3O5/c1-11-17(4)20(28-24(33)34-26(8,9)10)23(32)29(25(5,6)7)21(22(31)27-16(2)3)18-12-14-19(30)15-13-18/h12-17,20-21,30H,11H2,1-10H3,(H,27,31)(H,28,33). The van der Waals surface area contributed by atoms with Gasteiger partial charge in [0.1, 0.15) is 23.4 Å². The van der Waals surface area contributed by atoms with Gasteiger partial charge in [0, 0.05) is 11.6 Å². The van der Waals surface area contributed by atoms with Crippen LogP contribution in [0, 0.1) is 5.92 Å². The fourth-order valence-corrected chi connectivity index (χ4v) is 3.55. The summed E-state index contributed by atoms with van der Waals surface area (Å²) in [6.07, 6.45) is -0.0560. The number of carbonyl (C=O) groups excluding carboxylic acids is 3. The zero-order chi connectivity index (χ0) is 26.4. The third-order valence-corrected chi connectivity index (χ3v) is 5.26. The van der Waals surface area contributed by atoms with E-state index in [2.05, 4.69) is 10.6 Å². The lowest BCUT2D eigenvalue weighted by Crippen LogP contribution is -2.60. The van der Waals surface area contributed by atoms with Crippen LogP contribution >= 0.6 is 0 Å². The highest BCUT2D eigenvalue weighted by molar-refractivity contribution is 5.93. The molecule has 3 unspecified atom stereocenters. The number of amides is 3. The number of hydrogen-bond donors (Lipinski definition) is 3. The van der Waals surface area contributed by atoms with Gasteiger partial charge in [-0.1, -0.05) is 32.4 Å². The van der Waals surface area contributed by atoms with Crippen molar-refractivity contribution in [2.45, 2.75) is 105 Å². The van der Waals surface area contributed by atoms with Crippen molar-refractivity contribution in [1.29, 1.82) is 0 Å². The van der Waals surface area contributed by atoms with E-state index in [9.17, 15) is 19.5 Å². The molecule has 0 spiro atoms. The fraction of sp³-hybridized carbons (Fsp3) is 0.654. The van der Waals surface area contributed by atoms with Gasteiger partial charge in [-0.2, -0.15) is 0 Å². The largest absolute Gasteiger partial charge is 0.508 e. The molecule has 0 aliphatic carbocycles. The number of nitrogens with one attached hydrogen (secondary N) is 2. The minimum Gasteiger partial charge on any atom is -0.508 e. The lowest BCUT2D eigenvalue weighted by Gasteiger charge is -2.44. The number of phenolic OH excluding ortho intramolecular Hbond substituents is 1. The van der Waals surface area contributed by atoms with E-state index in [1.807, 2.05) is 48.5 Å². The minimum absolute atomic E-state index is 0.0597. The van der Waals surface area contributed by atoms with Crippen molar-refractivity contribution in [3.63, 3.8) is 0 Å². The molecule has 8 nitrogen and oxygen atoms in total. The Labute approximate surface area is 204 Å². The van der Waals surface area contributed by atoms with Crippen LogP contribution in [0.15, 0.2) is 24.3 Å². The van der Waals surface area contributed by atoms with E-state index in [0.717, 1.165) is 0 Å².